The molecular weight excluding hydrogens is 386 g/mol. The van der Waals surface area contributed by atoms with Gasteiger partial charge in [0.15, 0.2) is 0 Å². The molecule has 0 radical (unpaired) electrons. The molecule has 0 aliphatic carbocycles. The van der Waals surface area contributed by atoms with Crippen LogP contribution in [0.4, 0.5) is 0 Å². The van der Waals surface area contributed by atoms with E-state index in [1.165, 1.54) is 0 Å². The summed E-state index contributed by atoms with van der Waals surface area (Å²) < 4.78 is 17.4. The number of ether oxygens (including phenoxy) is 2. The third-order valence-corrected chi connectivity index (χ3v) is 4.07. The van der Waals surface area contributed by atoms with Gasteiger partial charge in [-0.05, 0) is 53.7 Å². The molecular formula is C22H27N3O5. The number of nitrogens with zero attached hydrogens (tertiary/aromatic N) is 3. The Kier molecular flexibility index (Phi) is 7.52. The van der Waals surface area contributed by atoms with Gasteiger partial charge in [0.2, 0.25) is 0 Å². The number of aryl methyl sites for hydroxylation is 3. The second-order valence-electron chi connectivity index (χ2n) is 7.56. The summed E-state index contributed by atoms with van der Waals surface area (Å²) in [5.41, 5.74) is 3.96. The van der Waals surface area contributed by atoms with Crippen molar-refractivity contribution in [2.24, 2.45) is 0 Å². The van der Waals surface area contributed by atoms with E-state index in [0.29, 0.717) is 12.4 Å². The van der Waals surface area contributed by atoms with E-state index in [9.17, 15) is 0 Å². The van der Waals surface area contributed by atoms with Gasteiger partial charge in [-0.15, -0.1) is 0 Å². The molecule has 1 aromatic carbocycles. The smallest absolute Gasteiger partial charge is 0.290 e. The molecule has 2 aromatic heterocycles. The number of rotatable bonds is 5. The summed E-state index contributed by atoms with van der Waals surface area (Å²) in [6.07, 6.45) is 3.36. The van der Waals surface area contributed by atoms with E-state index in [1.807, 2.05) is 59.7 Å². The number of carboxylic acid groups (broad SMARTS) is 1. The fourth-order valence-corrected chi connectivity index (χ4v) is 2.76. The fourth-order valence-electron chi connectivity index (χ4n) is 2.76. The Hall–Kier alpha value is -3.42. The minimum absolute atomic E-state index is 0.250. The van der Waals surface area contributed by atoms with E-state index in [2.05, 4.69) is 15.1 Å². The SMILES string of the molecule is Cc1nccnc1-c1ccc(OC(C)(C)C)cc1OCc1c(C)noc1C.O=CO. The Bertz CT molecular complexity index is 973. The van der Waals surface area contributed by atoms with Gasteiger partial charge in [0.05, 0.1) is 22.6 Å². The van der Waals surface area contributed by atoms with Crippen LogP contribution in [0.1, 0.15) is 43.5 Å². The molecule has 0 spiro atoms. The van der Waals surface area contributed by atoms with E-state index in [0.717, 1.165) is 39.7 Å². The maximum absolute atomic E-state index is 8.36. The predicted octanol–water partition coefficient (Wildman–Crippen LogP) is 4.51. The molecule has 0 amide bonds. The van der Waals surface area contributed by atoms with Crippen molar-refractivity contribution in [1.82, 2.24) is 15.1 Å². The molecule has 2 heterocycles. The highest BCUT2D eigenvalue weighted by Gasteiger charge is 2.18. The Labute approximate surface area is 175 Å². The van der Waals surface area contributed by atoms with Crippen LogP contribution in [0.15, 0.2) is 35.1 Å². The minimum Gasteiger partial charge on any atom is -0.488 e. The van der Waals surface area contributed by atoms with Gasteiger partial charge < -0.3 is 19.1 Å². The molecule has 0 aliphatic heterocycles. The largest absolute Gasteiger partial charge is 0.488 e. The number of hydrogen-bond donors (Lipinski definition) is 1. The Morgan fingerprint density at radius 1 is 1.10 bits per heavy atom. The molecule has 3 aromatic rings. The van der Waals surface area contributed by atoms with Crippen LogP contribution in [-0.2, 0) is 11.4 Å². The highest BCUT2D eigenvalue weighted by atomic mass is 16.5. The molecule has 0 atom stereocenters. The molecule has 0 fully saturated rings. The summed E-state index contributed by atoms with van der Waals surface area (Å²) in [7, 11) is 0. The van der Waals surface area contributed by atoms with Crippen molar-refractivity contribution in [3.05, 3.63) is 53.3 Å². The molecule has 1 N–H and O–H groups in total. The molecule has 0 saturated carbocycles. The van der Waals surface area contributed by atoms with E-state index in [-0.39, 0.29) is 12.1 Å². The van der Waals surface area contributed by atoms with E-state index >= 15 is 0 Å². The molecule has 0 saturated heterocycles. The highest BCUT2D eigenvalue weighted by molar-refractivity contribution is 5.70. The summed E-state index contributed by atoms with van der Waals surface area (Å²) in [5, 5.41) is 10.9. The first kappa shape index (κ1) is 22.9. The average Bonchev–Trinajstić information content (AvgIpc) is 2.98. The van der Waals surface area contributed by atoms with E-state index < -0.39 is 0 Å². The Morgan fingerprint density at radius 2 is 1.77 bits per heavy atom. The molecule has 0 bridgehead atoms. The van der Waals surface area contributed by atoms with Crippen molar-refractivity contribution in [1.29, 1.82) is 0 Å². The lowest BCUT2D eigenvalue weighted by Gasteiger charge is -2.22. The van der Waals surface area contributed by atoms with Gasteiger partial charge in [0.1, 0.15) is 29.5 Å². The summed E-state index contributed by atoms with van der Waals surface area (Å²) >= 11 is 0. The minimum atomic E-state index is -0.303. The van der Waals surface area contributed by atoms with Crippen molar-refractivity contribution in [2.75, 3.05) is 0 Å². The van der Waals surface area contributed by atoms with Gasteiger partial charge >= 0.3 is 0 Å². The number of carbonyl (C=O) groups is 1. The second-order valence-corrected chi connectivity index (χ2v) is 7.56. The zero-order valence-electron chi connectivity index (χ0n) is 18.1. The van der Waals surface area contributed by atoms with Gasteiger partial charge in [-0.2, -0.15) is 0 Å². The van der Waals surface area contributed by atoms with Crippen LogP contribution >= 0.6 is 0 Å². The van der Waals surface area contributed by atoms with E-state index in [4.69, 9.17) is 23.9 Å². The summed E-state index contributed by atoms with van der Waals surface area (Å²) in [5.74, 6) is 2.17. The lowest BCUT2D eigenvalue weighted by atomic mass is 10.1. The monoisotopic (exact) mass is 413 g/mol. The zero-order chi connectivity index (χ0) is 22.3. The van der Waals surface area contributed by atoms with Gasteiger partial charge in [-0.3, -0.25) is 14.8 Å². The van der Waals surface area contributed by atoms with Crippen LogP contribution in [-0.4, -0.2) is 32.3 Å². The van der Waals surface area contributed by atoms with Crippen LogP contribution in [0, 0.1) is 20.8 Å². The first-order valence-electron chi connectivity index (χ1n) is 9.39. The first-order valence-corrected chi connectivity index (χ1v) is 9.39. The van der Waals surface area contributed by atoms with E-state index in [1.54, 1.807) is 12.4 Å². The fraction of sp³-hybridized carbons (Fsp3) is 0.364. The van der Waals surface area contributed by atoms with Gasteiger partial charge in [0, 0.05) is 24.0 Å². The van der Waals surface area contributed by atoms with Crippen molar-refractivity contribution in [3.8, 4) is 22.8 Å². The molecule has 3 rings (SSSR count). The molecule has 0 unspecified atom stereocenters. The lowest BCUT2D eigenvalue weighted by Crippen LogP contribution is -2.22. The maximum Gasteiger partial charge on any atom is 0.290 e. The number of benzene rings is 1. The van der Waals surface area contributed by atoms with Crippen molar-refractivity contribution in [3.63, 3.8) is 0 Å². The van der Waals surface area contributed by atoms with Crippen molar-refractivity contribution < 1.29 is 23.9 Å². The van der Waals surface area contributed by atoms with Crippen LogP contribution in [0.3, 0.4) is 0 Å². The van der Waals surface area contributed by atoms with Crippen molar-refractivity contribution >= 4 is 6.47 Å². The van der Waals surface area contributed by atoms with Crippen LogP contribution in [0.5, 0.6) is 11.5 Å². The summed E-state index contributed by atoms with van der Waals surface area (Å²) in [6.45, 7) is 11.9. The zero-order valence-corrected chi connectivity index (χ0v) is 18.1. The molecule has 8 nitrogen and oxygen atoms in total. The Morgan fingerprint density at radius 3 is 2.33 bits per heavy atom. The second kappa shape index (κ2) is 9.87. The van der Waals surface area contributed by atoms with Gasteiger partial charge in [-0.1, -0.05) is 5.16 Å². The third kappa shape index (κ3) is 6.04. The first-order chi connectivity index (χ1) is 14.2. The summed E-state index contributed by atoms with van der Waals surface area (Å²) in [6, 6.07) is 5.78. The quantitative estimate of drug-likeness (QED) is 0.609. The molecule has 0 aliphatic rings. The van der Waals surface area contributed by atoms with Crippen LogP contribution < -0.4 is 9.47 Å². The van der Waals surface area contributed by atoms with Crippen LogP contribution in [0.2, 0.25) is 0 Å². The summed E-state index contributed by atoms with van der Waals surface area (Å²) in [4.78, 5) is 17.2. The number of aromatic nitrogens is 3. The topological polar surface area (TPSA) is 108 Å². The molecule has 160 valence electrons. The normalized spacial score (nSPS) is 10.7. The average molecular weight is 413 g/mol. The maximum atomic E-state index is 8.36. The lowest BCUT2D eigenvalue weighted by molar-refractivity contribution is -0.122. The Balaban J connectivity index is 0.00000101. The third-order valence-electron chi connectivity index (χ3n) is 4.07. The van der Waals surface area contributed by atoms with Crippen LogP contribution in [0.25, 0.3) is 11.3 Å². The number of hydrogen-bond acceptors (Lipinski definition) is 7. The molecule has 8 heteroatoms. The van der Waals surface area contributed by atoms with Crippen molar-refractivity contribution in [2.45, 2.75) is 53.8 Å². The van der Waals surface area contributed by atoms with Gasteiger partial charge in [-0.25, -0.2) is 0 Å². The standard InChI is InChI=1S/C21H25N3O3.CH2O2/c1-13-18(15(3)27-24-13)12-25-19-11-16(26-21(4,5)6)7-8-17(19)20-14(2)22-9-10-23-20;2-1-3/h7-11H,12H2,1-6H3;1H,(H,2,3). The predicted molar refractivity (Wildman–Crippen MR) is 112 cm³/mol. The molecule has 30 heavy (non-hydrogen) atoms. The highest BCUT2D eigenvalue weighted by Crippen LogP contribution is 2.35. The van der Waals surface area contributed by atoms with Gasteiger partial charge in [0.25, 0.3) is 6.47 Å².